The number of urea groups is 1. The van der Waals surface area contributed by atoms with E-state index < -0.39 is 0 Å². The van der Waals surface area contributed by atoms with Crippen molar-refractivity contribution in [1.29, 1.82) is 0 Å². The summed E-state index contributed by atoms with van der Waals surface area (Å²) in [4.78, 5) is 22.2. The monoisotopic (exact) mass is 214 g/mol. The molecule has 0 aromatic carbocycles. The van der Waals surface area contributed by atoms with Gasteiger partial charge in [-0.25, -0.2) is 4.79 Å². The van der Waals surface area contributed by atoms with E-state index in [2.05, 4.69) is 10.6 Å². The summed E-state index contributed by atoms with van der Waals surface area (Å²) in [7, 11) is 0. The molecule has 0 heterocycles. The lowest BCUT2D eigenvalue weighted by Crippen LogP contribution is -2.37. The number of ether oxygens (including phenoxy) is 1. The highest BCUT2D eigenvalue weighted by Crippen LogP contribution is 2.38. The normalized spacial score (nSPS) is 23.1. The predicted octanol–water partition coefficient (Wildman–Crippen LogP) is 0.505. The first-order chi connectivity index (χ1) is 7.15. The lowest BCUT2D eigenvalue weighted by molar-refractivity contribution is -0.145. The molecule has 1 aliphatic rings. The summed E-state index contributed by atoms with van der Waals surface area (Å²) < 4.78 is 4.98. The lowest BCUT2D eigenvalue weighted by atomic mass is 10.3. The number of carbonyl (C=O) groups excluding carboxylic acids is 2. The van der Waals surface area contributed by atoms with Gasteiger partial charge in [-0.15, -0.1) is 0 Å². The van der Waals surface area contributed by atoms with Crippen molar-refractivity contribution in [3.63, 3.8) is 0 Å². The Hall–Kier alpha value is -1.26. The largest absolute Gasteiger partial charge is 0.464 e. The Morgan fingerprint density at radius 2 is 2.07 bits per heavy atom. The number of hydrogen-bond donors (Lipinski definition) is 2. The second kappa shape index (κ2) is 5.58. The topological polar surface area (TPSA) is 67.4 Å². The van der Waals surface area contributed by atoms with E-state index in [1.165, 1.54) is 0 Å². The van der Waals surface area contributed by atoms with Crippen LogP contribution in [0.4, 0.5) is 4.79 Å². The average molecular weight is 214 g/mol. The Balaban J connectivity index is 1.97. The number of rotatable bonds is 5. The molecule has 0 bridgehead atoms. The van der Waals surface area contributed by atoms with Crippen LogP contribution in [0.5, 0.6) is 0 Å². The number of hydrogen-bond acceptors (Lipinski definition) is 3. The zero-order valence-corrected chi connectivity index (χ0v) is 9.21. The summed E-state index contributed by atoms with van der Waals surface area (Å²) in [5, 5.41) is 5.17. The third-order valence-electron chi connectivity index (χ3n) is 2.38. The Morgan fingerprint density at radius 3 is 2.60 bits per heavy atom. The fourth-order valence-electron chi connectivity index (χ4n) is 1.30. The third-order valence-corrected chi connectivity index (χ3v) is 2.38. The summed E-state index contributed by atoms with van der Waals surface area (Å²) >= 11 is 0. The number of esters is 1. The van der Waals surface area contributed by atoms with E-state index in [1.807, 2.05) is 13.8 Å². The van der Waals surface area contributed by atoms with Gasteiger partial charge in [0.25, 0.3) is 0 Å². The van der Waals surface area contributed by atoms with Crippen LogP contribution in [0.3, 0.4) is 0 Å². The van der Waals surface area contributed by atoms with Crippen molar-refractivity contribution in [3.05, 3.63) is 0 Å². The Labute approximate surface area is 89.6 Å². The van der Waals surface area contributed by atoms with Gasteiger partial charge in [-0.05, 0) is 19.3 Å². The molecular formula is C10H18N2O3. The molecule has 0 saturated heterocycles. The molecule has 1 rings (SSSR count). The van der Waals surface area contributed by atoms with Crippen molar-refractivity contribution in [2.45, 2.75) is 20.3 Å². The molecule has 0 radical (unpaired) electrons. The van der Waals surface area contributed by atoms with Crippen LogP contribution < -0.4 is 10.6 Å². The minimum atomic E-state index is -0.228. The molecule has 1 saturated carbocycles. The van der Waals surface area contributed by atoms with Gasteiger partial charge in [-0.1, -0.05) is 6.92 Å². The molecule has 1 aliphatic carbocycles. The first-order valence-corrected chi connectivity index (χ1v) is 5.33. The second-order valence-electron chi connectivity index (χ2n) is 3.77. The van der Waals surface area contributed by atoms with E-state index in [0.717, 1.165) is 6.42 Å². The van der Waals surface area contributed by atoms with Crippen molar-refractivity contribution >= 4 is 12.0 Å². The van der Waals surface area contributed by atoms with Crippen LogP contribution in [0.1, 0.15) is 20.3 Å². The predicted molar refractivity (Wildman–Crippen MR) is 55.3 cm³/mol. The molecule has 86 valence electrons. The van der Waals surface area contributed by atoms with Gasteiger partial charge >= 0.3 is 12.0 Å². The van der Waals surface area contributed by atoms with Gasteiger partial charge in [0, 0.05) is 6.54 Å². The summed E-state index contributed by atoms with van der Waals surface area (Å²) in [5.41, 5.74) is 0. The van der Waals surface area contributed by atoms with Crippen LogP contribution in [-0.4, -0.2) is 31.7 Å². The highest BCUT2D eigenvalue weighted by Gasteiger charge is 2.40. The van der Waals surface area contributed by atoms with Gasteiger partial charge in [0.15, 0.2) is 0 Å². The Kier molecular flexibility index (Phi) is 4.39. The standard InChI is InChI=1S/C10H18N2O3/c1-3-11-10(14)12-4-5-15-9(13)8-6-7(8)2/h7-8H,3-6H2,1-2H3,(H2,11,12,14)/t7-,8-/m1/s1. The van der Waals surface area contributed by atoms with E-state index in [-0.39, 0.29) is 24.5 Å². The van der Waals surface area contributed by atoms with Crippen LogP contribution >= 0.6 is 0 Å². The van der Waals surface area contributed by atoms with Crippen molar-refractivity contribution in [2.24, 2.45) is 11.8 Å². The van der Waals surface area contributed by atoms with E-state index in [0.29, 0.717) is 19.0 Å². The SMILES string of the molecule is CCNC(=O)NCCOC(=O)[C@@H]1C[C@H]1C. The van der Waals surface area contributed by atoms with Crippen LogP contribution in [0.25, 0.3) is 0 Å². The Bertz CT molecular complexity index is 243. The van der Waals surface area contributed by atoms with Crippen LogP contribution in [-0.2, 0) is 9.53 Å². The summed E-state index contributed by atoms with van der Waals surface area (Å²) in [6.45, 7) is 5.07. The van der Waals surface area contributed by atoms with Crippen LogP contribution in [0.2, 0.25) is 0 Å². The van der Waals surface area contributed by atoms with Gasteiger partial charge in [0.1, 0.15) is 6.61 Å². The fourth-order valence-corrected chi connectivity index (χ4v) is 1.30. The maximum Gasteiger partial charge on any atom is 0.314 e. The molecule has 0 aromatic rings. The molecule has 5 heteroatoms. The molecule has 1 fully saturated rings. The fraction of sp³-hybridized carbons (Fsp3) is 0.800. The first kappa shape index (κ1) is 11.8. The van der Waals surface area contributed by atoms with Gasteiger partial charge < -0.3 is 15.4 Å². The van der Waals surface area contributed by atoms with E-state index >= 15 is 0 Å². The van der Waals surface area contributed by atoms with Crippen LogP contribution in [0.15, 0.2) is 0 Å². The molecule has 0 aromatic heterocycles. The average Bonchev–Trinajstić information content (AvgIpc) is 2.90. The lowest BCUT2D eigenvalue weighted by Gasteiger charge is -2.06. The zero-order chi connectivity index (χ0) is 11.3. The molecule has 2 atom stereocenters. The van der Waals surface area contributed by atoms with Crippen LogP contribution in [0, 0.1) is 11.8 Å². The molecule has 2 N–H and O–H groups in total. The van der Waals surface area contributed by atoms with E-state index in [4.69, 9.17) is 4.74 Å². The highest BCUT2D eigenvalue weighted by atomic mass is 16.5. The van der Waals surface area contributed by atoms with Gasteiger partial charge in [0.05, 0.1) is 12.5 Å². The maximum absolute atomic E-state index is 11.2. The molecule has 0 spiro atoms. The molecule has 15 heavy (non-hydrogen) atoms. The van der Waals surface area contributed by atoms with Gasteiger partial charge in [-0.3, -0.25) is 4.79 Å². The van der Waals surface area contributed by atoms with E-state index in [9.17, 15) is 9.59 Å². The molecule has 5 nitrogen and oxygen atoms in total. The quantitative estimate of drug-likeness (QED) is 0.517. The van der Waals surface area contributed by atoms with Gasteiger partial charge in [-0.2, -0.15) is 0 Å². The molecule has 2 amide bonds. The smallest absolute Gasteiger partial charge is 0.314 e. The minimum Gasteiger partial charge on any atom is -0.464 e. The molecule has 0 unspecified atom stereocenters. The summed E-state index contributed by atoms with van der Waals surface area (Å²) in [6, 6.07) is -0.228. The van der Waals surface area contributed by atoms with Crippen molar-refractivity contribution < 1.29 is 14.3 Å². The zero-order valence-electron chi connectivity index (χ0n) is 9.21. The number of carbonyl (C=O) groups is 2. The number of amides is 2. The second-order valence-corrected chi connectivity index (χ2v) is 3.77. The maximum atomic E-state index is 11.2. The third kappa shape index (κ3) is 4.18. The van der Waals surface area contributed by atoms with Gasteiger partial charge in [0.2, 0.25) is 0 Å². The minimum absolute atomic E-state index is 0.0921. The number of nitrogens with one attached hydrogen (secondary N) is 2. The van der Waals surface area contributed by atoms with Crippen molar-refractivity contribution in [2.75, 3.05) is 19.7 Å². The molecular weight excluding hydrogens is 196 g/mol. The van der Waals surface area contributed by atoms with Crippen molar-refractivity contribution in [3.8, 4) is 0 Å². The summed E-state index contributed by atoms with van der Waals surface area (Å²) in [5.74, 6) is 0.420. The molecule has 0 aliphatic heterocycles. The van der Waals surface area contributed by atoms with Crippen molar-refractivity contribution in [1.82, 2.24) is 10.6 Å². The Morgan fingerprint density at radius 1 is 1.40 bits per heavy atom. The summed E-state index contributed by atoms with van der Waals surface area (Å²) in [6.07, 6.45) is 0.933. The van der Waals surface area contributed by atoms with E-state index in [1.54, 1.807) is 0 Å². The highest BCUT2D eigenvalue weighted by molar-refractivity contribution is 5.76. The first-order valence-electron chi connectivity index (χ1n) is 5.33.